The standard InChI is InChI=1S/C31H54N2O9/c1-11-23-31(8)27(41-29(36)42-31)21(6)33-15-17(2)14-30(7,37-16-33)26(19(4)25(34)20(5)28(35)39-23)40-24-13-22(32(9)10)12-18(3)38-24/h17-27,34H,11-16H2,1-10H3/t17-,18-,19+,20-,21-,22+,23-,24+,25+,26-,27-,30-,31-/m1/s1. The van der Waals surface area contributed by atoms with Crippen molar-refractivity contribution in [3.05, 3.63) is 0 Å². The Morgan fingerprint density at radius 2 is 1.76 bits per heavy atom. The molecule has 0 spiro atoms. The molecular weight excluding hydrogens is 544 g/mol. The quantitative estimate of drug-likeness (QED) is 0.479. The number of hydrogen-bond acceptors (Lipinski definition) is 11. The van der Waals surface area contributed by atoms with E-state index in [1.807, 2.05) is 27.7 Å². The molecule has 2 bridgehead atoms. The van der Waals surface area contributed by atoms with Gasteiger partial charge < -0.3 is 38.4 Å². The van der Waals surface area contributed by atoms with Crippen molar-refractivity contribution in [3.63, 3.8) is 0 Å². The van der Waals surface area contributed by atoms with Gasteiger partial charge in [-0.2, -0.15) is 0 Å². The molecule has 14 atom stereocenters. The highest BCUT2D eigenvalue weighted by Gasteiger charge is 2.58. The average Bonchev–Trinajstić information content (AvgIpc) is 3.14. The first-order valence-corrected chi connectivity index (χ1v) is 15.7. The van der Waals surface area contributed by atoms with Crippen molar-refractivity contribution < 1.29 is 43.1 Å². The minimum Gasteiger partial charge on any atom is -0.458 e. The lowest BCUT2D eigenvalue weighted by Crippen LogP contribution is -2.59. The van der Waals surface area contributed by atoms with E-state index < -0.39 is 65.9 Å². The second-order valence-electron chi connectivity index (χ2n) is 14.0. The lowest BCUT2D eigenvalue weighted by Gasteiger charge is -2.46. The molecule has 0 aromatic carbocycles. The second-order valence-corrected chi connectivity index (χ2v) is 14.0. The van der Waals surface area contributed by atoms with Crippen molar-refractivity contribution in [3.8, 4) is 0 Å². The molecule has 42 heavy (non-hydrogen) atoms. The van der Waals surface area contributed by atoms with E-state index in [-0.39, 0.29) is 24.8 Å². The number of fused-ring (bicyclic) bond motifs is 4. The summed E-state index contributed by atoms with van der Waals surface area (Å²) in [6.45, 7) is 16.4. The summed E-state index contributed by atoms with van der Waals surface area (Å²) in [5.74, 6) is -1.75. The van der Waals surface area contributed by atoms with Crippen LogP contribution in [0.3, 0.4) is 0 Å². The molecule has 4 rings (SSSR count). The molecule has 0 amide bonds. The molecule has 4 fully saturated rings. The van der Waals surface area contributed by atoms with Gasteiger partial charge in [-0.1, -0.05) is 20.8 Å². The van der Waals surface area contributed by atoms with Crippen LogP contribution >= 0.6 is 0 Å². The first kappa shape index (κ1) is 33.4. The summed E-state index contributed by atoms with van der Waals surface area (Å²) in [4.78, 5) is 30.4. The molecule has 4 saturated heterocycles. The Morgan fingerprint density at radius 1 is 1.07 bits per heavy atom. The zero-order chi connectivity index (χ0) is 31.1. The third kappa shape index (κ3) is 6.61. The van der Waals surface area contributed by atoms with Crippen molar-refractivity contribution in [2.45, 2.75) is 141 Å². The summed E-state index contributed by atoms with van der Waals surface area (Å²) < 4.78 is 37.3. The molecular formula is C31H54N2O9. The summed E-state index contributed by atoms with van der Waals surface area (Å²) in [5, 5.41) is 11.7. The highest BCUT2D eigenvalue weighted by atomic mass is 16.8. The summed E-state index contributed by atoms with van der Waals surface area (Å²) in [5.41, 5.74) is -2.01. The van der Waals surface area contributed by atoms with Gasteiger partial charge in [0.15, 0.2) is 18.0 Å². The van der Waals surface area contributed by atoms with Crippen LogP contribution < -0.4 is 0 Å². The number of rotatable bonds is 4. The number of ether oxygens (including phenoxy) is 6. The van der Waals surface area contributed by atoms with E-state index in [0.29, 0.717) is 31.8 Å². The predicted octanol–water partition coefficient (Wildman–Crippen LogP) is 3.55. The van der Waals surface area contributed by atoms with Gasteiger partial charge in [0, 0.05) is 24.9 Å². The van der Waals surface area contributed by atoms with Crippen molar-refractivity contribution >= 4 is 12.1 Å². The maximum absolute atomic E-state index is 13.5. The molecule has 0 aromatic heterocycles. The molecule has 4 aliphatic heterocycles. The van der Waals surface area contributed by atoms with Crippen molar-refractivity contribution in [2.75, 3.05) is 27.4 Å². The third-order valence-electron chi connectivity index (χ3n) is 10.2. The number of cyclic esters (lactones) is 1. The molecule has 0 saturated carbocycles. The SMILES string of the molecule is CC[C@H]1OC(=O)[C@H](C)[C@@H](O)[C@H](C)[C@@H](O[C@H]2C[C@@H](N(C)C)C[C@@H](C)O2)[C@@]2(C)C[C@@H](C)CN(CO2)[C@H](C)[C@H]2OC(=O)O[C@@]21C. The fourth-order valence-corrected chi connectivity index (χ4v) is 7.68. The molecule has 1 N–H and O–H groups in total. The summed E-state index contributed by atoms with van der Waals surface area (Å²) in [6.07, 6.45) is -1.74. The molecule has 0 aromatic rings. The Bertz CT molecular complexity index is 967. The molecule has 1 unspecified atom stereocenters. The van der Waals surface area contributed by atoms with Crippen LogP contribution in [0.2, 0.25) is 0 Å². The first-order valence-electron chi connectivity index (χ1n) is 15.7. The van der Waals surface area contributed by atoms with Crippen LogP contribution in [0.4, 0.5) is 4.79 Å². The van der Waals surface area contributed by atoms with Gasteiger partial charge in [-0.25, -0.2) is 4.79 Å². The van der Waals surface area contributed by atoms with E-state index in [9.17, 15) is 14.7 Å². The highest BCUT2D eigenvalue weighted by molar-refractivity contribution is 5.73. The number of esters is 1. The van der Waals surface area contributed by atoms with E-state index in [4.69, 9.17) is 28.4 Å². The van der Waals surface area contributed by atoms with E-state index >= 15 is 0 Å². The van der Waals surface area contributed by atoms with Crippen LogP contribution in [-0.2, 0) is 33.2 Å². The number of aliphatic hydroxyl groups excluding tert-OH is 1. The molecule has 4 heterocycles. The van der Waals surface area contributed by atoms with Crippen LogP contribution in [0.15, 0.2) is 0 Å². The van der Waals surface area contributed by atoms with Gasteiger partial charge in [0.25, 0.3) is 0 Å². The second kappa shape index (κ2) is 12.9. The van der Waals surface area contributed by atoms with Crippen LogP contribution in [0.25, 0.3) is 0 Å². The number of hydrogen-bond donors (Lipinski definition) is 1. The minimum absolute atomic E-state index is 0.0125. The van der Waals surface area contributed by atoms with E-state index in [0.717, 1.165) is 6.42 Å². The van der Waals surface area contributed by atoms with E-state index in [1.165, 1.54) is 0 Å². The van der Waals surface area contributed by atoms with Gasteiger partial charge >= 0.3 is 12.1 Å². The monoisotopic (exact) mass is 598 g/mol. The van der Waals surface area contributed by atoms with Crippen LogP contribution in [0.1, 0.15) is 81.1 Å². The topological polar surface area (TPSA) is 116 Å². The predicted molar refractivity (Wildman–Crippen MR) is 154 cm³/mol. The van der Waals surface area contributed by atoms with E-state index in [1.54, 1.807) is 13.8 Å². The summed E-state index contributed by atoms with van der Waals surface area (Å²) in [7, 11) is 4.13. The number of carbonyl (C=O) groups excluding carboxylic acids is 2. The smallest absolute Gasteiger partial charge is 0.458 e. The molecule has 11 nitrogen and oxygen atoms in total. The van der Waals surface area contributed by atoms with Crippen molar-refractivity contribution in [2.24, 2.45) is 17.8 Å². The van der Waals surface area contributed by atoms with Crippen molar-refractivity contribution in [1.82, 2.24) is 9.80 Å². The molecule has 0 radical (unpaired) electrons. The Balaban J connectivity index is 1.73. The third-order valence-corrected chi connectivity index (χ3v) is 10.2. The molecule has 0 aliphatic carbocycles. The first-order chi connectivity index (χ1) is 19.6. The number of aliphatic hydroxyl groups is 1. The average molecular weight is 599 g/mol. The zero-order valence-corrected chi connectivity index (χ0v) is 27.2. The van der Waals surface area contributed by atoms with Gasteiger partial charge in [0.05, 0.1) is 35.9 Å². The minimum atomic E-state index is -1.20. The Morgan fingerprint density at radius 3 is 2.40 bits per heavy atom. The van der Waals surface area contributed by atoms with Gasteiger partial charge in [0.1, 0.15) is 12.8 Å². The largest absolute Gasteiger partial charge is 0.509 e. The van der Waals surface area contributed by atoms with Crippen LogP contribution in [0, 0.1) is 17.8 Å². The summed E-state index contributed by atoms with van der Waals surface area (Å²) >= 11 is 0. The lowest BCUT2D eigenvalue weighted by atomic mass is 9.78. The highest BCUT2D eigenvalue weighted by Crippen LogP contribution is 2.42. The zero-order valence-electron chi connectivity index (χ0n) is 27.2. The molecule has 11 heteroatoms. The maximum Gasteiger partial charge on any atom is 0.509 e. The van der Waals surface area contributed by atoms with Crippen molar-refractivity contribution in [1.29, 1.82) is 0 Å². The van der Waals surface area contributed by atoms with Gasteiger partial charge in [-0.05, 0) is 73.9 Å². The van der Waals surface area contributed by atoms with Crippen LogP contribution in [-0.4, -0.2) is 114 Å². The number of carbonyl (C=O) groups is 2. The Labute approximate surface area is 251 Å². The van der Waals surface area contributed by atoms with Crippen LogP contribution in [0.5, 0.6) is 0 Å². The fourth-order valence-electron chi connectivity index (χ4n) is 7.68. The molecule has 242 valence electrons. The van der Waals surface area contributed by atoms with Gasteiger partial charge in [-0.15, -0.1) is 0 Å². The van der Waals surface area contributed by atoms with E-state index in [2.05, 4.69) is 37.7 Å². The van der Waals surface area contributed by atoms with Gasteiger partial charge in [-0.3, -0.25) is 9.69 Å². The summed E-state index contributed by atoms with van der Waals surface area (Å²) in [6, 6.07) is 0.00580. The van der Waals surface area contributed by atoms with Gasteiger partial charge in [0.2, 0.25) is 0 Å². The number of nitrogens with zero attached hydrogens (tertiary/aromatic N) is 2. The Kier molecular flexibility index (Phi) is 10.2. The fraction of sp³-hybridized carbons (Fsp3) is 0.935. The Hall–Kier alpha value is -1.50. The lowest BCUT2D eigenvalue weighted by molar-refractivity contribution is -0.276. The normalized spacial score (nSPS) is 49.0. The maximum atomic E-state index is 13.5. The molecule has 4 aliphatic rings.